The number of anilines is 1. The number of hydrogen-bond acceptors (Lipinski definition) is 2. The first kappa shape index (κ1) is 14.1. The van der Waals surface area contributed by atoms with Gasteiger partial charge in [0.25, 0.3) is 0 Å². The molecule has 0 bridgehead atoms. The Bertz CT molecular complexity index is 304. The lowest BCUT2D eigenvalue weighted by molar-refractivity contribution is 0.596. The van der Waals surface area contributed by atoms with Gasteiger partial charge in [-0.3, -0.25) is 4.68 Å². The molecule has 0 radical (unpaired) electrons. The van der Waals surface area contributed by atoms with Crippen molar-refractivity contribution in [1.29, 1.82) is 0 Å². The summed E-state index contributed by atoms with van der Waals surface area (Å²) < 4.78 is 1.86. The fraction of sp³-hybridized carbons (Fsp3) is 0.786. The standard InChI is InChI=1S/C14H27N3/c1-4-5-6-7-8-9-10-11-15-14-12-17(3)16-13(14)2/h12,15H,4-11H2,1-3H3. The van der Waals surface area contributed by atoms with Crippen LogP contribution in [-0.2, 0) is 7.05 Å². The molecule has 3 nitrogen and oxygen atoms in total. The minimum Gasteiger partial charge on any atom is -0.382 e. The molecule has 0 spiro atoms. The van der Waals surface area contributed by atoms with Crippen LogP contribution in [0.2, 0.25) is 0 Å². The van der Waals surface area contributed by atoms with E-state index in [1.807, 2.05) is 18.7 Å². The molecule has 0 aliphatic heterocycles. The first-order chi connectivity index (χ1) is 8.24. The molecule has 1 aromatic rings. The largest absolute Gasteiger partial charge is 0.382 e. The Balaban J connectivity index is 1.99. The third kappa shape index (κ3) is 5.76. The van der Waals surface area contributed by atoms with Gasteiger partial charge in [0.05, 0.1) is 11.4 Å². The lowest BCUT2D eigenvalue weighted by Crippen LogP contribution is -2.01. The summed E-state index contributed by atoms with van der Waals surface area (Å²) in [5, 5.41) is 7.77. The molecule has 0 atom stereocenters. The molecule has 98 valence electrons. The molecule has 0 aliphatic carbocycles. The normalized spacial score (nSPS) is 10.8. The van der Waals surface area contributed by atoms with Crippen molar-refractivity contribution in [3.63, 3.8) is 0 Å². The van der Waals surface area contributed by atoms with E-state index in [1.54, 1.807) is 0 Å². The number of aromatic nitrogens is 2. The van der Waals surface area contributed by atoms with Crippen molar-refractivity contribution < 1.29 is 0 Å². The van der Waals surface area contributed by atoms with Crippen molar-refractivity contribution in [1.82, 2.24) is 9.78 Å². The lowest BCUT2D eigenvalue weighted by Gasteiger charge is -2.04. The predicted octanol–water partition coefficient (Wildman–Crippen LogP) is 3.89. The van der Waals surface area contributed by atoms with Crippen molar-refractivity contribution in [2.45, 2.75) is 58.8 Å². The zero-order chi connectivity index (χ0) is 12.5. The fourth-order valence-electron chi connectivity index (χ4n) is 2.08. The zero-order valence-corrected chi connectivity index (χ0v) is 11.6. The monoisotopic (exact) mass is 237 g/mol. The number of hydrogen-bond donors (Lipinski definition) is 1. The van der Waals surface area contributed by atoms with Crippen LogP contribution in [0, 0.1) is 6.92 Å². The second-order valence-electron chi connectivity index (χ2n) is 4.85. The number of nitrogens with zero attached hydrogens (tertiary/aromatic N) is 2. The van der Waals surface area contributed by atoms with E-state index in [0.717, 1.165) is 12.2 Å². The van der Waals surface area contributed by atoms with Gasteiger partial charge >= 0.3 is 0 Å². The van der Waals surface area contributed by atoms with Gasteiger partial charge in [0.1, 0.15) is 0 Å². The molecule has 0 aromatic carbocycles. The zero-order valence-electron chi connectivity index (χ0n) is 11.6. The van der Waals surface area contributed by atoms with Gasteiger partial charge in [0, 0.05) is 19.8 Å². The third-order valence-electron chi connectivity index (χ3n) is 3.11. The molecular weight excluding hydrogens is 210 g/mol. The summed E-state index contributed by atoms with van der Waals surface area (Å²) in [7, 11) is 1.96. The van der Waals surface area contributed by atoms with Gasteiger partial charge in [-0.25, -0.2) is 0 Å². The maximum atomic E-state index is 4.31. The molecule has 0 amide bonds. The number of nitrogens with one attached hydrogen (secondary N) is 1. The Labute approximate surface area is 106 Å². The summed E-state index contributed by atoms with van der Waals surface area (Å²) in [6, 6.07) is 0. The highest BCUT2D eigenvalue weighted by atomic mass is 15.3. The molecule has 1 heterocycles. The molecule has 0 aliphatic rings. The van der Waals surface area contributed by atoms with Crippen LogP contribution in [0.15, 0.2) is 6.20 Å². The molecular formula is C14H27N3. The Morgan fingerprint density at radius 1 is 1.12 bits per heavy atom. The SMILES string of the molecule is CCCCCCCCCNc1cn(C)nc1C. The smallest absolute Gasteiger partial charge is 0.0824 e. The Morgan fingerprint density at radius 2 is 1.76 bits per heavy atom. The van der Waals surface area contributed by atoms with Crippen molar-refractivity contribution in [2.75, 3.05) is 11.9 Å². The average Bonchev–Trinajstić information content (AvgIpc) is 2.61. The van der Waals surface area contributed by atoms with E-state index < -0.39 is 0 Å². The van der Waals surface area contributed by atoms with Gasteiger partial charge in [0.15, 0.2) is 0 Å². The highest BCUT2D eigenvalue weighted by Crippen LogP contribution is 2.12. The van der Waals surface area contributed by atoms with E-state index in [9.17, 15) is 0 Å². The maximum Gasteiger partial charge on any atom is 0.0824 e. The second-order valence-corrected chi connectivity index (χ2v) is 4.85. The van der Waals surface area contributed by atoms with Crippen molar-refractivity contribution in [3.05, 3.63) is 11.9 Å². The summed E-state index contributed by atoms with van der Waals surface area (Å²) in [5.41, 5.74) is 2.27. The summed E-state index contributed by atoms with van der Waals surface area (Å²) in [6.07, 6.45) is 11.6. The van der Waals surface area contributed by atoms with Crippen LogP contribution < -0.4 is 5.32 Å². The molecule has 17 heavy (non-hydrogen) atoms. The topological polar surface area (TPSA) is 29.9 Å². The van der Waals surface area contributed by atoms with Crippen LogP contribution in [0.4, 0.5) is 5.69 Å². The van der Waals surface area contributed by atoms with Crippen LogP contribution in [0.5, 0.6) is 0 Å². The molecule has 0 unspecified atom stereocenters. The van der Waals surface area contributed by atoms with Crippen LogP contribution >= 0.6 is 0 Å². The van der Waals surface area contributed by atoms with E-state index >= 15 is 0 Å². The lowest BCUT2D eigenvalue weighted by atomic mass is 10.1. The molecule has 0 saturated heterocycles. The molecule has 0 saturated carbocycles. The highest BCUT2D eigenvalue weighted by molar-refractivity contribution is 5.45. The van der Waals surface area contributed by atoms with Crippen LogP contribution in [-0.4, -0.2) is 16.3 Å². The minimum atomic E-state index is 1.07. The molecule has 0 fully saturated rings. The molecule has 1 N–H and O–H groups in total. The van der Waals surface area contributed by atoms with Crippen LogP contribution in [0.1, 0.15) is 57.6 Å². The fourth-order valence-corrected chi connectivity index (χ4v) is 2.08. The van der Waals surface area contributed by atoms with Gasteiger partial charge in [-0.15, -0.1) is 0 Å². The number of unbranched alkanes of at least 4 members (excludes halogenated alkanes) is 6. The van der Waals surface area contributed by atoms with Crippen LogP contribution in [0.25, 0.3) is 0 Å². The van der Waals surface area contributed by atoms with Gasteiger partial charge < -0.3 is 5.32 Å². The second kappa shape index (κ2) is 8.15. The summed E-state index contributed by atoms with van der Waals surface area (Å²) in [5.74, 6) is 0. The van der Waals surface area contributed by atoms with E-state index in [0.29, 0.717) is 0 Å². The summed E-state index contributed by atoms with van der Waals surface area (Å²) in [4.78, 5) is 0. The quantitative estimate of drug-likeness (QED) is 0.660. The highest BCUT2D eigenvalue weighted by Gasteiger charge is 2.00. The van der Waals surface area contributed by atoms with Crippen LogP contribution in [0.3, 0.4) is 0 Å². The number of aryl methyl sites for hydroxylation is 2. The Morgan fingerprint density at radius 3 is 2.35 bits per heavy atom. The molecule has 1 aromatic heterocycles. The molecule has 3 heteroatoms. The predicted molar refractivity (Wildman–Crippen MR) is 74.4 cm³/mol. The van der Waals surface area contributed by atoms with Gasteiger partial charge in [-0.05, 0) is 13.3 Å². The van der Waals surface area contributed by atoms with Crippen molar-refractivity contribution in [2.24, 2.45) is 7.05 Å². The molecule has 1 rings (SSSR count). The number of rotatable bonds is 9. The Kier molecular flexibility index (Phi) is 6.75. The van der Waals surface area contributed by atoms with Crippen molar-refractivity contribution in [3.8, 4) is 0 Å². The van der Waals surface area contributed by atoms with E-state index in [-0.39, 0.29) is 0 Å². The summed E-state index contributed by atoms with van der Waals surface area (Å²) >= 11 is 0. The van der Waals surface area contributed by atoms with E-state index in [2.05, 4.69) is 23.5 Å². The van der Waals surface area contributed by atoms with E-state index in [4.69, 9.17) is 0 Å². The third-order valence-corrected chi connectivity index (χ3v) is 3.11. The van der Waals surface area contributed by atoms with E-state index in [1.165, 1.54) is 50.6 Å². The Hall–Kier alpha value is -0.990. The van der Waals surface area contributed by atoms with Crippen molar-refractivity contribution >= 4 is 5.69 Å². The van der Waals surface area contributed by atoms with Gasteiger partial charge in [-0.1, -0.05) is 45.4 Å². The first-order valence-corrected chi connectivity index (χ1v) is 6.98. The van der Waals surface area contributed by atoms with Gasteiger partial charge in [-0.2, -0.15) is 5.10 Å². The minimum absolute atomic E-state index is 1.07. The van der Waals surface area contributed by atoms with Gasteiger partial charge in [0.2, 0.25) is 0 Å². The first-order valence-electron chi connectivity index (χ1n) is 6.98. The maximum absolute atomic E-state index is 4.31. The summed E-state index contributed by atoms with van der Waals surface area (Å²) in [6.45, 7) is 5.38. The average molecular weight is 237 g/mol.